The average Bonchev–Trinajstić information content (AvgIpc) is 2.99. The van der Waals surface area contributed by atoms with Crippen LogP contribution in [0.5, 0.6) is 5.75 Å². The fraction of sp³-hybridized carbons (Fsp3) is 0.571. The Labute approximate surface area is 178 Å². The Balaban J connectivity index is 2.00. The lowest BCUT2D eigenvalue weighted by Gasteiger charge is -2.32. The maximum Gasteiger partial charge on any atom is 0.236 e. The van der Waals surface area contributed by atoms with Gasteiger partial charge in [-0.1, -0.05) is 37.7 Å². The lowest BCUT2D eigenvalue weighted by atomic mass is 10.0. The van der Waals surface area contributed by atoms with Gasteiger partial charge in [0.05, 0.1) is 5.25 Å². The highest BCUT2D eigenvalue weighted by Crippen LogP contribution is 2.24. The normalized spacial score (nSPS) is 12.6. The van der Waals surface area contributed by atoms with Gasteiger partial charge in [-0.05, 0) is 58.2 Å². The third-order valence-electron chi connectivity index (χ3n) is 4.65. The van der Waals surface area contributed by atoms with Crippen LogP contribution in [0.1, 0.15) is 65.8 Å². The molecule has 0 saturated carbocycles. The number of benzene rings is 1. The number of thioether (sulfide) groups is 1. The van der Waals surface area contributed by atoms with Crippen molar-refractivity contribution < 1.29 is 9.53 Å². The second-order valence-corrected chi connectivity index (χ2v) is 9.28. The lowest BCUT2D eigenvalue weighted by molar-refractivity contribution is -0.133. The summed E-state index contributed by atoms with van der Waals surface area (Å²) in [5, 5.41) is 8.43. The molecule has 1 heterocycles. The van der Waals surface area contributed by atoms with Crippen molar-refractivity contribution in [2.75, 3.05) is 5.84 Å². The van der Waals surface area contributed by atoms with Gasteiger partial charge in [-0.2, -0.15) is 0 Å². The van der Waals surface area contributed by atoms with Crippen molar-refractivity contribution in [1.82, 2.24) is 19.8 Å². The van der Waals surface area contributed by atoms with Gasteiger partial charge in [0.2, 0.25) is 11.1 Å². The van der Waals surface area contributed by atoms with Crippen molar-refractivity contribution in [3.63, 3.8) is 0 Å². The number of hydrogen-bond acceptors (Lipinski definition) is 6. The number of nitrogens with zero attached hydrogens (tertiary/aromatic N) is 4. The van der Waals surface area contributed by atoms with Crippen LogP contribution >= 0.6 is 11.8 Å². The first-order chi connectivity index (χ1) is 13.6. The standard InChI is InChI=1S/C21H33N5O2S/c1-13(2)17-8-10-18(11-9-17)28-12-19-23-24-21(26(19)22)29-16(7)20(27)25(14(3)4)15(5)6/h8-11,13-16H,12,22H2,1-7H3. The van der Waals surface area contributed by atoms with E-state index in [2.05, 4.69) is 36.2 Å². The van der Waals surface area contributed by atoms with E-state index in [1.54, 1.807) is 0 Å². The molecule has 29 heavy (non-hydrogen) atoms. The van der Waals surface area contributed by atoms with E-state index in [9.17, 15) is 4.79 Å². The van der Waals surface area contributed by atoms with Crippen molar-refractivity contribution in [3.05, 3.63) is 35.7 Å². The van der Waals surface area contributed by atoms with Crippen LogP contribution in [0.3, 0.4) is 0 Å². The van der Waals surface area contributed by atoms with Crippen LogP contribution in [0.25, 0.3) is 0 Å². The Bertz CT molecular complexity index is 794. The third kappa shape index (κ3) is 5.88. The summed E-state index contributed by atoms with van der Waals surface area (Å²) in [6, 6.07) is 8.25. The molecule has 1 unspecified atom stereocenters. The summed E-state index contributed by atoms with van der Waals surface area (Å²) < 4.78 is 7.18. The van der Waals surface area contributed by atoms with Gasteiger partial charge in [0, 0.05) is 12.1 Å². The van der Waals surface area contributed by atoms with Crippen molar-refractivity contribution >= 4 is 17.7 Å². The van der Waals surface area contributed by atoms with Gasteiger partial charge >= 0.3 is 0 Å². The molecule has 8 heteroatoms. The third-order valence-corrected chi connectivity index (χ3v) is 5.69. The molecule has 1 amide bonds. The molecule has 2 N–H and O–H groups in total. The lowest BCUT2D eigenvalue weighted by Crippen LogP contribution is -2.45. The Kier molecular flexibility index (Phi) is 7.96. The predicted octanol–water partition coefficient (Wildman–Crippen LogP) is 3.82. The molecule has 0 bridgehead atoms. The SMILES string of the molecule is CC(Sc1nnc(COc2ccc(C(C)C)cc2)n1N)C(=O)N(C(C)C)C(C)C. The van der Waals surface area contributed by atoms with E-state index in [1.807, 2.05) is 51.7 Å². The highest BCUT2D eigenvalue weighted by atomic mass is 32.2. The molecule has 0 fully saturated rings. The monoisotopic (exact) mass is 419 g/mol. The maximum atomic E-state index is 12.8. The molecule has 160 valence electrons. The number of rotatable bonds is 9. The van der Waals surface area contributed by atoms with Gasteiger partial charge in [-0.15, -0.1) is 10.2 Å². The van der Waals surface area contributed by atoms with Gasteiger partial charge in [0.1, 0.15) is 12.4 Å². The fourth-order valence-electron chi connectivity index (χ4n) is 3.11. The molecule has 2 rings (SSSR count). The van der Waals surface area contributed by atoms with E-state index < -0.39 is 0 Å². The molecule has 0 spiro atoms. The first-order valence-electron chi connectivity index (χ1n) is 10.0. The Morgan fingerprint density at radius 2 is 1.66 bits per heavy atom. The molecule has 0 aliphatic carbocycles. The van der Waals surface area contributed by atoms with Crippen molar-refractivity contribution in [3.8, 4) is 5.75 Å². The quantitative estimate of drug-likeness (QED) is 0.491. The molecule has 0 saturated heterocycles. The number of amides is 1. The number of hydrogen-bond donors (Lipinski definition) is 1. The molecular formula is C21H33N5O2S. The highest BCUT2D eigenvalue weighted by molar-refractivity contribution is 8.00. The van der Waals surface area contributed by atoms with Crippen LogP contribution in [0.15, 0.2) is 29.4 Å². The molecule has 0 aliphatic heterocycles. The molecular weight excluding hydrogens is 386 g/mol. The van der Waals surface area contributed by atoms with Crippen molar-refractivity contribution in [2.24, 2.45) is 0 Å². The van der Waals surface area contributed by atoms with Gasteiger partial charge < -0.3 is 15.5 Å². The summed E-state index contributed by atoms with van der Waals surface area (Å²) in [6.07, 6.45) is 0. The topological polar surface area (TPSA) is 86.3 Å². The number of nitrogens with two attached hydrogens (primary N) is 1. The van der Waals surface area contributed by atoms with E-state index in [0.29, 0.717) is 16.9 Å². The second-order valence-electron chi connectivity index (χ2n) is 7.97. The zero-order chi connectivity index (χ0) is 21.7. The zero-order valence-corrected chi connectivity index (χ0v) is 19.2. The van der Waals surface area contributed by atoms with Gasteiger partial charge in [0.25, 0.3) is 0 Å². The Morgan fingerprint density at radius 3 is 2.17 bits per heavy atom. The van der Waals surface area contributed by atoms with Crippen LogP contribution < -0.4 is 10.6 Å². The van der Waals surface area contributed by atoms with E-state index in [1.165, 1.54) is 22.0 Å². The Hall–Kier alpha value is -2.22. The summed E-state index contributed by atoms with van der Waals surface area (Å²) in [4.78, 5) is 14.7. The summed E-state index contributed by atoms with van der Waals surface area (Å²) in [7, 11) is 0. The van der Waals surface area contributed by atoms with Crippen LogP contribution in [-0.4, -0.2) is 43.0 Å². The zero-order valence-electron chi connectivity index (χ0n) is 18.4. The van der Waals surface area contributed by atoms with Crippen LogP contribution in [0.2, 0.25) is 0 Å². The predicted molar refractivity (Wildman–Crippen MR) is 117 cm³/mol. The molecule has 0 aliphatic rings. The van der Waals surface area contributed by atoms with Crippen molar-refractivity contribution in [2.45, 2.75) is 83.5 Å². The maximum absolute atomic E-state index is 12.8. The summed E-state index contributed by atoms with van der Waals surface area (Å²) in [5.41, 5.74) is 1.26. The van der Waals surface area contributed by atoms with Crippen molar-refractivity contribution in [1.29, 1.82) is 0 Å². The summed E-state index contributed by atoms with van der Waals surface area (Å²) in [5.74, 6) is 7.93. The first-order valence-corrected chi connectivity index (χ1v) is 10.9. The Morgan fingerprint density at radius 1 is 1.07 bits per heavy atom. The van der Waals surface area contributed by atoms with Crippen LogP contribution in [-0.2, 0) is 11.4 Å². The number of nitrogen functional groups attached to an aromatic ring is 1. The van der Waals surface area contributed by atoms with Gasteiger partial charge in [-0.25, -0.2) is 4.68 Å². The minimum Gasteiger partial charge on any atom is -0.486 e. The van der Waals surface area contributed by atoms with E-state index in [0.717, 1.165) is 5.75 Å². The van der Waals surface area contributed by atoms with E-state index >= 15 is 0 Å². The fourth-order valence-corrected chi connectivity index (χ4v) is 3.95. The first kappa shape index (κ1) is 23.1. The minimum atomic E-state index is -0.316. The smallest absolute Gasteiger partial charge is 0.236 e. The van der Waals surface area contributed by atoms with E-state index in [-0.39, 0.29) is 29.8 Å². The minimum absolute atomic E-state index is 0.0612. The molecule has 1 aromatic carbocycles. The number of ether oxygens (including phenoxy) is 1. The number of aromatic nitrogens is 3. The summed E-state index contributed by atoms with van der Waals surface area (Å²) >= 11 is 1.31. The van der Waals surface area contributed by atoms with Gasteiger partial charge in [0.15, 0.2) is 5.82 Å². The molecule has 0 radical (unpaired) electrons. The van der Waals surface area contributed by atoms with Crippen LogP contribution in [0.4, 0.5) is 0 Å². The summed E-state index contributed by atoms with van der Waals surface area (Å²) in [6.45, 7) is 14.4. The highest BCUT2D eigenvalue weighted by Gasteiger charge is 2.27. The molecule has 7 nitrogen and oxygen atoms in total. The second kappa shape index (κ2) is 10.0. The molecule has 1 aromatic heterocycles. The largest absolute Gasteiger partial charge is 0.486 e. The van der Waals surface area contributed by atoms with Crippen LogP contribution in [0, 0.1) is 0 Å². The van der Waals surface area contributed by atoms with Gasteiger partial charge in [-0.3, -0.25) is 4.79 Å². The number of carbonyl (C=O) groups excluding carboxylic acids is 1. The average molecular weight is 420 g/mol. The molecule has 2 aromatic rings. The molecule has 1 atom stereocenters. The number of carbonyl (C=O) groups is 1. The van der Waals surface area contributed by atoms with E-state index in [4.69, 9.17) is 10.6 Å².